The van der Waals surface area contributed by atoms with Crippen LogP contribution in [0, 0.1) is 5.41 Å². The van der Waals surface area contributed by atoms with Gasteiger partial charge < -0.3 is 15.2 Å². The third kappa shape index (κ3) is 4.98. The van der Waals surface area contributed by atoms with Crippen molar-refractivity contribution in [3.8, 4) is 5.75 Å². The molecular formula is C19H27NO4. The highest BCUT2D eigenvalue weighted by Crippen LogP contribution is 2.36. The Kier molecular flexibility index (Phi) is 6.64. The first-order valence-electron chi connectivity index (χ1n) is 8.69. The maximum atomic E-state index is 12.0. The second kappa shape index (κ2) is 8.71. The molecule has 1 aromatic rings. The summed E-state index contributed by atoms with van der Waals surface area (Å²) in [4.78, 5) is 23.6. The van der Waals surface area contributed by atoms with Crippen LogP contribution < -0.4 is 10.1 Å². The van der Waals surface area contributed by atoms with Gasteiger partial charge in [0.25, 0.3) is 0 Å². The molecular weight excluding hydrogens is 306 g/mol. The number of aryl methyl sites for hydroxylation is 1. The Labute approximate surface area is 143 Å². The van der Waals surface area contributed by atoms with Gasteiger partial charge in [-0.25, -0.2) is 0 Å². The Morgan fingerprint density at radius 1 is 1.17 bits per heavy atom. The number of benzene rings is 1. The van der Waals surface area contributed by atoms with E-state index in [1.54, 1.807) is 7.11 Å². The number of rotatable bonds is 8. The average molecular weight is 333 g/mol. The summed E-state index contributed by atoms with van der Waals surface area (Å²) in [6.07, 6.45) is 6.26. The van der Waals surface area contributed by atoms with Crippen LogP contribution in [0.15, 0.2) is 24.3 Å². The zero-order chi connectivity index (χ0) is 17.4. The van der Waals surface area contributed by atoms with Gasteiger partial charge in [-0.1, -0.05) is 31.4 Å². The molecule has 2 N–H and O–H groups in total. The highest BCUT2D eigenvalue weighted by atomic mass is 16.5. The fourth-order valence-corrected chi connectivity index (χ4v) is 3.30. The quantitative estimate of drug-likeness (QED) is 0.766. The summed E-state index contributed by atoms with van der Waals surface area (Å²) in [6, 6.07) is 7.82. The minimum absolute atomic E-state index is 0.0605. The van der Waals surface area contributed by atoms with Gasteiger partial charge in [-0.3, -0.25) is 9.59 Å². The summed E-state index contributed by atoms with van der Waals surface area (Å²) < 4.78 is 5.12. The molecule has 0 aromatic heterocycles. The molecule has 5 nitrogen and oxygen atoms in total. The third-order valence-electron chi connectivity index (χ3n) is 4.92. The largest absolute Gasteiger partial charge is 0.497 e. The second-order valence-electron chi connectivity index (χ2n) is 6.62. The molecule has 0 radical (unpaired) electrons. The van der Waals surface area contributed by atoms with Crippen LogP contribution in [0.25, 0.3) is 0 Å². The average Bonchev–Trinajstić information content (AvgIpc) is 2.61. The molecule has 0 saturated heterocycles. The van der Waals surface area contributed by atoms with Crippen molar-refractivity contribution in [3.05, 3.63) is 29.8 Å². The molecule has 1 aromatic carbocycles. The number of carboxylic acids is 1. The molecule has 0 spiro atoms. The van der Waals surface area contributed by atoms with Crippen molar-refractivity contribution in [2.75, 3.05) is 13.7 Å². The van der Waals surface area contributed by atoms with Crippen LogP contribution >= 0.6 is 0 Å². The summed E-state index contributed by atoms with van der Waals surface area (Å²) in [5.41, 5.74) is 0.405. The standard InChI is InChI=1S/C19H27NO4/c1-24-16-10-8-15(9-11-16)6-5-7-17(21)20-14-19(18(22)23)12-3-2-4-13-19/h8-11H,2-7,12-14H2,1H3,(H,20,21)(H,22,23). The second-order valence-corrected chi connectivity index (χ2v) is 6.62. The van der Waals surface area contributed by atoms with E-state index in [2.05, 4.69) is 5.32 Å². The fraction of sp³-hybridized carbons (Fsp3) is 0.579. The minimum atomic E-state index is -0.777. The summed E-state index contributed by atoms with van der Waals surface area (Å²) in [5.74, 6) is -0.0154. The molecule has 1 amide bonds. The van der Waals surface area contributed by atoms with E-state index >= 15 is 0 Å². The van der Waals surface area contributed by atoms with E-state index < -0.39 is 11.4 Å². The minimum Gasteiger partial charge on any atom is -0.497 e. The molecule has 0 aliphatic heterocycles. The molecule has 24 heavy (non-hydrogen) atoms. The lowest BCUT2D eigenvalue weighted by Crippen LogP contribution is -2.44. The van der Waals surface area contributed by atoms with E-state index in [0.29, 0.717) is 19.3 Å². The van der Waals surface area contributed by atoms with Crippen LogP contribution in [0.1, 0.15) is 50.5 Å². The Hall–Kier alpha value is -2.04. The lowest BCUT2D eigenvalue weighted by molar-refractivity contribution is -0.151. The molecule has 0 heterocycles. The molecule has 0 unspecified atom stereocenters. The predicted octanol–water partition coefficient (Wildman–Crippen LogP) is 3.17. The van der Waals surface area contributed by atoms with E-state index in [9.17, 15) is 14.7 Å². The number of ether oxygens (including phenoxy) is 1. The van der Waals surface area contributed by atoms with Crippen LogP contribution in [0.5, 0.6) is 5.75 Å². The lowest BCUT2D eigenvalue weighted by Gasteiger charge is -2.33. The van der Waals surface area contributed by atoms with Crippen molar-refractivity contribution in [1.29, 1.82) is 0 Å². The maximum absolute atomic E-state index is 12.0. The van der Waals surface area contributed by atoms with Gasteiger partial charge in [-0.2, -0.15) is 0 Å². The van der Waals surface area contributed by atoms with Crippen molar-refractivity contribution in [1.82, 2.24) is 5.32 Å². The summed E-state index contributed by atoms with van der Waals surface area (Å²) in [7, 11) is 1.63. The van der Waals surface area contributed by atoms with Gasteiger partial charge in [0, 0.05) is 13.0 Å². The number of nitrogens with one attached hydrogen (secondary N) is 1. The number of aliphatic carboxylic acids is 1. The molecule has 1 aliphatic carbocycles. The topological polar surface area (TPSA) is 75.6 Å². The van der Waals surface area contributed by atoms with Gasteiger partial charge >= 0.3 is 5.97 Å². The van der Waals surface area contributed by atoms with Crippen molar-refractivity contribution >= 4 is 11.9 Å². The SMILES string of the molecule is COc1ccc(CCCC(=O)NCC2(C(=O)O)CCCCC2)cc1. The number of hydrogen-bond acceptors (Lipinski definition) is 3. The van der Waals surface area contributed by atoms with Gasteiger partial charge in [0.2, 0.25) is 5.91 Å². The fourth-order valence-electron chi connectivity index (χ4n) is 3.30. The molecule has 2 rings (SSSR count). The Morgan fingerprint density at radius 3 is 2.42 bits per heavy atom. The van der Waals surface area contributed by atoms with Crippen LogP contribution in [0.2, 0.25) is 0 Å². The monoisotopic (exact) mass is 333 g/mol. The Morgan fingerprint density at radius 2 is 1.83 bits per heavy atom. The summed E-state index contributed by atoms with van der Waals surface area (Å²) in [6.45, 7) is 0.254. The molecule has 0 atom stereocenters. The summed E-state index contributed by atoms with van der Waals surface area (Å²) in [5, 5.41) is 12.3. The smallest absolute Gasteiger partial charge is 0.311 e. The number of carbonyl (C=O) groups is 2. The van der Waals surface area contributed by atoms with Gasteiger partial charge in [0.1, 0.15) is 5.75 Å². The molecule has 1 fully saturated rings. The van der Waals surface area contributed by atoms with E-state index in [-0.39, 0.29) is 12.5 Å². The molecule has 1 aliphatic rings. The van der Waals surface area contributed by atoms with E-state index in [1.807, 2.05) is 24.3 Å². The lowest BCUT2D eigenvalue weighted by atomic mass is 9.74. The van der Waals surface area contributed by atoms with E-state index in [1.165, 1.54) is 0 Å². The Balaban J connectivity index is 1.73. The van der Waals surface area contributed by atoms with Crippen molar-refractivity contribution in [2.24, 2.45) is 5.41 Å². The predicted molar refractivity (Wildman–Crippen MR) is 92.1 cm³/mol. The molecule has 5 heteroatoms. The zero-order valence-corrected chi connectivity index (χ0v) is 14.3. The number of carbonyl (C=O) groups excluding carboxylic acids is 1. The van der Waals surface area contributed by atoms with Crippen molar-refractivity contribution < 1.29 is 19.4 Å². The third-order valence-corrected chi connectivity index (χ3v) is 4.92. The first-order chi connectivity index (χ1) is 11.6. The van der Waals surface area contributed by atoms with Crippen LogP contribution in [0.3, 0.4) is 0 Å². The van der Waals surface area contributed by atoms with Gasteiger partial charge in [0.15, 0.2) is 0 Å². The number of carboxylic acid groups (broad SMARTS) is 1. The van der Waals surface area contributed by atoms with Gasteiger partial charge in [0.05, 0.1) is 12.5 Å². The zero-order valence-electron chi connectivity index (χ0n) is 14.3. The van der Waals surface area contributed by atoms with Crippen molar-refractivity contribution in [3.63, 3.8) is 0 Å². The number of methoxy groups -OCH3 is 1. The summed E-state index contributed by atoms with van der Waals surface area (Å²) >= 11 is 0. The van der Waals surface area contributed by atoms with Crippen LogP contribution in [-0.2, 0) is 16.0 Å². The van der Waals surface area contributed by atoms with Crippen LogP contribution in [0.4, 0.5) is 0 Å². The first kappa shape index (κ1) is 18.3. The molecule has 1 saturated carbocycles. The Bertz CT molecular complexity index is 547. The molecule has 132 valence electrons. The number of amides is 1. The van der Waals surface area contributed by atoms with E-state index in [4.69, 9.17) is 4.74 Å². The maximum Gasteiger partial charge on any atom is 0.311 e. The highest BCUT2D eigenvalue weighted by molar-refractivity contribution is 5.79. The molecule has 0 bridgehead atoms. The number of hydrogen-bond donors (Lipinski definition) is 2. The highest BCUT2D eigenvalue weighted by Gasteiger charge is 2.39. The normalized spacial score (nSPS) is 16.4. The van der Waals surface area contributed by atoms with E-state index in [0.717, 1.165) is 43.4 Å². The van der Waals surface area contributed by atoms with Crippen molar-refractivity contribution in [2.45, 2.75) is 51.4 Å². The van der Waals surface area contributed by atoms with Crippen LogP contribution in [-0.4, -0.2) is 30.6 Å². The first-order valence-corrected chi connectivity index (χ1v) is 8.69. The van der Waals surface area contributed by atoms with Gasteiger partial charge in [-0.15, -0.1) is 0 Å². The van der Waals surface area contributed by atoms with Gasteiger partial charge in [-0.05, 0) is 43.4 Å².